The lowest BCUT2D eigenvalue weighted by Gasteiger charge is -2.13. The quantitative estimate of drug-likeness (QED) is 0.449. The molecule has 0 radical (unpaired) electrons. The van der Waals surface area contributed by atoms with Gasteiger partial charge in [0, 0.05) is 11.5 Å². The van der Waals surface area contributed by atoms with E-state index in [-0.39, 0.29) is 23.4 Å². The molecule has 4 aromatic rings. The number of rotatable bonds is 6. The Kier molecular flexibility index (Phi) is 5.34. The van der Waals surface area contributed by atoms with Crippen LogP contribution in [-0.4, -0.2) is 33.6 Å². The average Bonchev–Trinajstić information content (AvgIpc) is 3.45. The number of hydrogen-bond acceptors (Lipinski definition) is 5. The second kappa shape index (κ2) is 8.46. The molecule has 3 aromatic carbocycles. The Hall–Kier alpha value is -4.07. The maximum absolute atomic E-state index is 15.1. The fourth-order valence-corrected chi connectivity index (χ4v) is 4.12. The first-order valence-electron chi connectivity index (χ1n) is 10.6. The van der Waals surface area contributed by atoms with Crippen LogP contribution in [0.5, 0.6) is 5.75 Å². The van der Waals surface area contributed by atoms with E-state index < -0.39 is 5.82 Å². The van der Waals surface area contributed by atoms with Crippen molar-refractivity contribution in [3.63, 3.8) is 0 Å². The number of amides is 1. The molecule has 8 heteroatoms. The summed E-state index contributed by atoms with van der Waals surface area (Å²) in [6.45, 7) is 2.03. The van der Waals surface area contributed by atoms with Gasteiger partial charge in [-0.1, -0.05) is 42.0 Å². The maximum atomic E-state index is 15.1. The number of aromatic nitrogens is 4. The topological polar surface area (TPSA) is 92.8 Å². The molecule has 1 amide bonds. The van der Waals surface area contributed by atoms with E-state index >= 15 is 4.39 Å². The highest BCUT2D eigenvalue weighted by Gasteiger charge is 2.44. The lowest BCUT2D eigenvalue weighted by atomic mass is 9.98. The number of aromatic amines is 1. The van der Waals surface area contributed by atoms with Crippen LogP contribution in [0.1, 0.15) is 23.5 Å². The summed E-state index contributed by atoms with van der Waals surface area (Å²) in [6.07, 6.45) is 0.749. The molecule has 2 N–H and O–H groups in total. The second-order valence-corrected chi connectivity index (χ2v) is 8.19. The minimum absolute atomic E-state index is 0.0898. The van der Waals surface area contributed by atoms with E-state index in [1.54, 1.807) is 25.3 Å². The van der Waals surface area contributed by atoms with Gasteiger partial charge in [0.05, 0.1) is 12.8 Å². The number of halogens is 1. The molecule has 1 aromatic heterocycles. The molecule has 33 heavy (non-hydrogen) atoms. The Balaban J connectivity index is 1.44. The molecule has 166 valence electrons. The fraction of sp³-hybridized carbons (Fsp3) is 0.200. The first-order chi connectivity index (χ1) is 16.0. The summed E-state index contributed by atoms with van der Waals surface area (Å²) >= 11 is 0. The number of carbonyl (C=O) groups is 1. The van der Waals surface area contributed by atoms with Crippen LogP contribution in [0.25, 0.3) is 22.5 Å². The van der Waals surface area contributed by atoms with Crippen molar-refractivity contribution in [1.82, 2.24) is 20.6 Å². The van der Waals surface area contributed by atoms with Gasteiger partial charge >= 0.3 is 0 Å². The van der Waals surface area contributed by atoms with Crippen molar-refractivity contribution in [2.75, 3.05) is 12.4 Å². The van der Waals surface area contributed by atoms with Gasteiger partial charge in [0.15, 0.2) is 0 Å². The van der Waals surface area contributed by atoms with Crippen LogP contribution in [0.2, 0.25) is 0 Å². The molecule has 1 saturated carbocycles. The van der Waals surface area contributed by atoms with Gasteiger partial charge in [-0.3, -0.25) is 4.79 Å². The van der Waals surface area contributed by atoms with Gasteiger partial charge in [0.25, 0.3) is 0 Å². The minimum atomic E-state index is -0.533. The molecule has 5 rings (SSSR count). The smallest absolute Gasteiger partial charge is 0.228 e. The van der Waals surface area contributed by atoms with Crippen LogP contribution in [0.3, 0.4) is 0 Å². The van der Waals surface area contributed by atoms with E-state index in [0.29, 0.717) is 22.7 Å². The van der Waals surface area contributed by atoms with E-state index in [0.717, 1.165) is 23.1 Å². The molecular formula is C25H22FN5O2. The number of carbonyl (C=O) groups excluding carboxylic acids is 1. The Morgan fingerprint density at radius 1 is 1.12 bits per heavy atom. The van der Waals surface area contributed by atoms with Gasteiger partial charge in [-0.25, -0.2) is 4.39 Å². The van der Waals surface area contributed by atoms with E-state index in [4.69, 9.17) is 4.74 Å². The van der Waals surface area contributed by atoms with Crippen molar-refractivity contribution >= 4 is 11.6 Å². The zero-order valence-corrected chi connectivity index (χ0v) is 18.2. The molecule has 2 unspecified atom stereocenters. The summed E-state index contributed by atoms with van der Waals surface area (Å²) in [6, 6.07) is 18.3. The third-order valence-electron chi connectivity index (χ3n) is 5.95. The predicted octanol–water partition coefficient (Wildman–Crippen LogP) is 4.73. The second-order valence-electron chi connectivity index (χ2n) is 8.19. The summed E-state index contributed by atoms with van der Waals surface area (Å²) in [5.74, 6) is 0.243. The first kappa shape index (κ1) is 20.8. The van der Waals surface area contributed by atoms with Crippen LogP contribution < -0.4 is 10.1 Å². The zero-order chi connectivity index (χ0) is 22.9. The van der Waals surface area contributed by atoms with Crippen molar-refractivity contribution in [3.05, 3.63) is 77.6 Å². The highest BCUT2D eigenvalue weighted by Crippen LogP contribution is 2.48. The Morgan fingerprint density at radius 2 is 1.94 bits per heavy atom. The number of H-pyrrole nitrogens is 1. The highest BCUT2D eigenvalue weighted by molar-refractivity contribution is 5.97. The minimum Gasteiger partial charge on any atom is -0.497 e. The van der Waals surface area contributed by atoms with Gasteiger partial charge in [-0.2, -0.15) is 5.21 Å². The third kappa shape index (κ3) is 4.19. The van der Waals surface area contributed by atoms with Crippen LogP contribution >= 0.6 is 0 Å². The molecule has 1 heterocycles. The summed E-state index contributed by atoms with van der Waals surface area (Å²) in [5, 5.41) is 16.9. The fourth-order valence-electron chi connectivity index (χ4n) is 4.12. The van der Waals surface area contributed by atoms with Gasteiger partial charge in [-0.05, 0) is 65.4 Å². The molecule has 1 aliphatic rings. The molecule has 1 aliphatic carbocycles. The number of ether oxygens (including phenoxy) is 1. The summed E-state index contributed by atoms with van der Waals surface area (Å²) in [7, 11) is 1.58. The number of anilines is 1. The van der Waals surface area contributed by atoms with Crippen LogP contribution in [0.4, 0.5) is 10.1 Å². The lowest BCUT2D eigenvalue weighted by Crippen LogP contribution is -2.16. The Labute approximate surface area is 190 Å². The van der Waals surface area contributed by atoms with Gasteiger partial charge in [-0.15, -0.1) is 10.2 Å². The molecule has 0 aliphatic heterocycles. The maximum Gasteiger partial charge on any atom is 0.228 e. The molecule has 1 fully saturated rings. The van der Waals surface area contributed by atoms with Gasteiger partial charge < -0.3 is 10.1 Å². The van der Waals surface area contributed by atoms with Crippen molar-refractivity contribution in [1.29, 1.82) is 0 Å². The van der Waals surface area contributed by atoms with Crippen molar-refractivity contribution in [2.45, 2.75) is 19.3 Å². The first-order valence-corrected chi connectivity index (χ1v) is 10.6. The number of hydrogen-bond donors (Lipinski definition) is 2. The number of aryl methyl sites for hydroxylation is 1. The monoisotopic (exact) mass is 443 g/mol. The number of tetrazole rings is 1. The lowest BCUT2D eigenvalue weighted by molar-refractivity contribution is -0.117. The highest BCUT2D eigenvalue weighted by atomic mass is 19.1. The number of nitrogens with one attached hydrogen (secondary N) is 2. The predicted molar refractivity (Wildman–Crippen MR) is 122 cm³/mol. The zero-order valence-electron chi connectivity index (χ0n) is 18.2. The molecule has 0 spiro atoms. The number of benzene rings is 3. The summed E-state index contributed by atoms with van der Waals surface area (Å²) < 4.78 is 20.3. The van der Waals surface area contributed by atoms with Crippen LogP contribution in [0, 0.1) is 18.7 Å². The van der Waals surface area contributed by atoms with Crippen molar-refractivity contribution in [2.24, 2.45) is 5.92 Å². The van der Waals surface area contributed by atoms with E-state index in [2.05, 4.69) is 32.0 Å². The number of methoxy groups -OCH3 is 1. The SMILES string of the molecule is COc1ccc(-c2cc(F)c(NC(=O)C3CC3c3cccc(C)c3)cc2-c2nn[nH]n2)cc1. The summed E-state index contributed by atoms with van der Waals surface area (Å²) in [4.78, 5) is 12.9. The molecule has 0 saturated heterocycles. The Morgan fingerprint density at radius 3 is 2.64 bits per heavy atom. The van der Waals surface area contributed by atoms with Crippen LogP contribution in [0.15, 0.2) is 60.7 Å². The third-order valence-corrected chi connectivity index (χ3v) is 5.95. The average molecular weight is 443 g/mol. The van der Waals surface area contributed by atoms with Gasteiger partial charge in [0.2, 0.25) is 11.7 Å². The Bertz CT molecular complexity index is 1310. The molecule has 7 nitrogen and oxygen atoms in total. The van der Waals surface area contributed by atoms with Crippen molar-refractivity contribution in [3.8, 4) is 28.3 Å². The molecule has 0 bridgehead atoms. The standard InChI is InChI=1S/C25H22FN5O2/c1-14-4-3-5-16(10-14)18-11-21(18)25(32)27-23-13-20(24-28-30-31-29-24)19(12-22(23)26)15-6-8-17(33-2)9-7-15/h3-10,12-13,18,21H,11H2,1-2H3,(H,27,32)(H,28,29,30,31). The largest absolute Gasteiger partial charge is 0.497 e. The van der Waals surface area contributed by atoms with E-state index in [9.17, 15) is 4.79 Å². The summed E-state index contributed by atoms with van der Waals surface area (Å²) in [5.41, 5.74) is 4.28. The van der Waals surface area contributed by atoms with E-state index in [1.165, 1.54) is 6.07 Å². The van der Waals surface area contributed by atoms with Crippen LogP contribution in [-0.2, 0) is 4.79 Å². The van der Waals surface area contributed by atoms with Gasteiger partial charge in [0.1, 0.15) is 11.6 Å². The normalized spacial score (nSPS) is 16.9. The number of nitrogens with zero attached hydrogens (tertiary/aromatic N) is 3. The molecular weight excluding hydrogens is 421 g/mol. The molecule has 2 atom stereocenters. The van der Waals surface area contributed by atoms with E-state index in [1.807, 2.05) is 37.3 Å². The van der Waals surface area contributed by atoms with Crippen molar-refractivity contribution < 1.29 is 13.9 Å².